The number of nitrogens with two attached hydrogens (primary N) is 1. The Balaban J connectivity index is 3.96. The molecule has 0 spiro atoms. The summed E-state index contributed by atoms with van der Waals surface area (Å²) in [6.45, 7) is 1.93. The van der Waals surface area contributed by atoms with Crippen molar-refractivity contribution < 1.29 is 9.53 Å². The number of hydrogen-bond acceptors (Lipinski definition) is 4. The molecule has 4 heteroatoms. The molecule has 0 aromatic carbocycles. The molecule has 10 heavy (non-hydrogen) atoms. The minimum Gasteiger partial charge on any atom is -0.467 e. The fourth-order valence-corrected chi connectivity index (χ4v) is 0.975. The quantitative estimate of drug-likeness (QED) is 0.363. The molecule has 0 aliphatic carbocycles. The summed E-state index contributed by atoms with van der Waals surface area (Å²) in [5.41, 5.74) is 5.47. The molecule has 0 radical (unpaired) electrons. The van der Waals surface area contributed by atoms with Crippen LogP contribution >= 0.6 is 12.6 Å². The van der Waals surface area contributed by atoms with Gasteiger partial charge in [0.25, 0.3) is 0 Å². The highest BCUT2D eigenvalue weighted by Gasteiger charge is 2.29. The lowest BCUT2D eigenvalue weighted by atomic mass is 10.2. The molecule has 0 aromatic rings. The maximum atomic E-state index is 10.8. The van der Waals surface area contributed by atoms with Crippen molar-refractivity contribution in [1.82, 2.24) is 0 Å². The predicted molar refractivity (Wildman–Crippen MR) is 42.8 cm³/mol. The lowest BCUT2D eigenvalue weighted by molar-refractivity contribution is -0.143. The van der Waals surface area contributed by atoms with Gasteiger partial charge in [0.05, 0.1) is 7.11 Å². The maximum absolute atomic E-state index is 10.8. The molecule has 0 heterocycles. The monoisotopic (exact) mass is 163 g/mol. The van der Waals surface area contributed by atoms with Crippen molar-refractivity contribution >= 4 is 18.6 Å². The molecule has 0 amide bonds. The average Bonchev–Trinajstić information content (AvgIpc) is 1.86. The van der Waals surface area contributed by atoms with Crippen LogP contribution in [0.5, 0.6) is 0 Å². The van der Waals surface area contributed by atoms with E-state index in [2.05, 4.69) is 17.4 Å². The van der Waals surface area contributed by atoms with Crippen LogP contribution in [0, 0.1) is 0 Å². The van der Waals surface area contributed by atoms with E-state index < -0.39 is 10.8 Å². The summed E-state index contributed by atoms with van der Waals surface area (Å²) in [7, 11) is 1.30. The summed E-state index contributed by atoms with van der Waals surface area (Å²) < 4.78 is 4.43. The first-order valence-corrected chi connectivity index (χ1v) is 3.59. The average molecular weight is 163 g/mol. The van der Waals surface area contributed by atoms with Gasteiger partial charge in [-0.2, -0.15) is 0 Å². The molecule has 3 nitrogen and oxygen atoms in total. The van der Waals surface area contributed by atoms with Crippen LogP contribution in [0.15, 0.2) is 0 Å². The van der Waals surface area contributed by atoms with Crippen molar-refractivity contribution in [3.63, 3.8) is 0 Å². The first kappa shape index (κ1) is 9.78. The number of hydrogen-bond donors (Lipinski definition) is 2. The molecule has 2 N–H and O–H groups in total. The highest BCUT2D eigenvalue weighted by molar-refractivity contribution is 7.82. The second-order valence-corrected chi connectivity index (χ2v) is 2.96. The molecule has 0 aromatic heterocycles. The van der Waals surface area contributed by atoms with Crippen molar-refractivity contribution in [2.24, 2.45) is 5.73 Å². The van der Waals surface area contributed by atoms with Gasteiger partial charge < -0.3 is 10.5 Å². The zero-order valence-corrected chi connectivity index (χ0v) is 7.15. The Morgan fingerprint density at radius 3 is 2.60 bits per heavy atom. The molecule has 60 valence electrons. The summed E-state index contributed by atoms with van der Waals surface area (Å²) in [4.78, 5) is 9.69. The van der Waals surface area contributed by atoms with Gasteiger partial charge in [0.2, 0.25) is 0 Å². The summed E-state index contributed by atoms with van der Waals surface area (Å²) in [6.07, 6.45) is 1.35. The highest BCUT2D eigenvalue weighted by atomic mass is 32.1. The van der Waals surface area contributed by atoms with Crippen LogP contribution in [0.1, 0.15) is 19.8 Å². The van der Waals surface area contributed by atoms with Gasteiger partial charge >= 0.3 is 5.97 Å². The minimum atomic E-state index is -1.11. The SMILES string of the molecule is CCCC(N)(S)C(=O)OC. The third-order valence-corrected chi connectivity index (χ3v) is 1.58. The molecule has 0 aliphatic heterocycles. The minimum absolute atomic E-state index is 0.474. The molecular formula is C6H13NO2S. The Bertz CT molecular complexity index is 125. The second kappa shape index (κ2) is 3.83. The van der Waals surface area contributed by atoms with Crippen molar-refractivity contribution in [2.45, 2.75) is 24.6 Å². The van der Waals surface area contributed by atoms with Gasteiger partial charge in [0, 0.05) is 0 Å². The van der Waals surface area contributed by atoms with Crippen LogP contribution in [-0.2, 0) is 9.53 Å². The lowest BCUT2D eigenvalue weighted by Gasteiger charge is -2.18. The van der Waals surface area contributed by atoms with Gasteiger partial charge in [0.15, 0.2) is 4.87 Å². The molecule has 1 unspecified atom stereocenters. The largest absolute Gasteiger partial charge is 0.467 e. The first-order valence-electron chi connectivity index (χ1n) is 3.14. The second-order valence-electron chi connectivity index (χ2n) is 2.17. The van der Waals surface area contributed by atoms with Crippen molar-refractivity contribution in [3.8, 4) is 0 Å². The van der Waals surface area contributed by atoms with Gasteiger partial charge in [-0.1, -0.05) is 13.3 Å². The molecule has 0 rings (SSSR count). The zero-order chi connectivity index (χ0) is 8.20. The van der Waals surface area contributed by atoms with E-state index in [0.29, 0.717) is 6.42 Å². The number of ether oxygens (including phenoxy) is 1. The van der Waals surface area contributed by atoms with Gasteiger partial charge in [-0.05, 0) is 6.42 Å². The van der Waals surface area contributed by atoms with Crippen LogP contribution in [-0.4, -0.2) is 18.0 Å². The van der Waals surface area contributed by atoms with Crippen LogP contribution in [0.2, 0.25) is 0 Å². The van der Waals surface area contributed by atoms with E-state index in [1.165, 1.54) is 7.11 Å². The number of thiol groups is 1. The van der Waals surface area contributed by atoms with E-state index in [1.54, 1.807) is 0 Å². The van der Waals surface area contributed by atoms with Crippen LogP contribution < -0.4 is 5.73 Å². The highest BCUT2D eigenvalue weighted by Crippen LogP contribution is 2.15. The topological polar surface area (TPSA) is 52.3 Å². The number of esters is 1. The number of rotatable bonds is 3. The number of methoxy groups -OCH3 is 1. The smallest absolute Gasteiger partial charge is 0.336 e. The molecule has 0 fully saturated rings. The van der Waals surface area contributed by atoms with E-state index in [-0.39, 0.29) is 0 Å². The Hall–Kier alpha value is -0.220. The molecule has 1 atom stereocenters. The fourth-order valence-electron chi connectivity index (χ4n) is 0.660. The Kier molecular flexibility index (Phi) is 3.75. The first-order chi connectivity index (χ1) is 4.54. The van der Waals surface area contributed by atoms with Crippen LogP contribution in [0.4, 0.5) is 0 Å². The fraction of sp³-hybridized carbons (Fsp3) is 0.833. The standard InChI is InChI=1S/C6H13NO2S/c1-3-4-6(7,10)5(8)9-2/h10H,3-4,7H2,1-2H3. The van der Waals surface area contributed by atoms with E-state index in [9.17, 15) is 4.79 Å². The van der Waals surface area contributed by atoms with Gasteiger partial charge in [-0.15, -0.1) is 12.6 Å². The van der Waals surface area contributed by atoms with Crippen LogP contribution in [0.3, 0.4) is 0 Å². The molecular weight excluding hydrogens is 150 g/mol. The third kappa shape index (κ3) is 2.58. The molecule has 0 aliphatic rings. The summed E-state index contributed by atoms with van der Waals surface area (Å²) >= 11 is 3.94. The van der Waals surface area contributed by atoms with Crippen molar-refractivity contribution in [2.75, 3.05) is 7.11 Å². The van der Waals surface area contributed by atoms with E-state index in [4.69, 9.17) is 5.73 Å². The van der Waals surface area contributed by atoms with E-state index >= 15 is 0 Å². The Labute approximate surface area is 66.3 Å². The number of carbonyl (C=O) groups is 1. The van der Waals surface area contributed by atoms with E-state index in [1.807, 2.05) is 6.92 Å². The van der Waals surface area contributed by atoms with Crippen LogP contribution in [0.25, 0.3) is 0 Å². The molecule has 0 bridgehead atoms. The van der Waals surface area contributed by atoms with Crippen molar-refractivity contribution in [1.29, 1.82) is 0 Å². The normalized spacial score (nSPS) is 16.0. The summed E-state index contributed by atoms with van der Waals surface area (Å²) in [5, 5.41) is 0. The number of carbonyl (C=O) groups excluding carboxylic acids is 1. The molecule has 0 saturated heterocycles. The van der Waals surface area contributed by atoms with E-state index in [0.717, 1.165) is 6.42 Å². The lowest BCUT2D eigenvalue weighted by Crippen LogP contribution is -2.43. The van der Waals surface area contributed by atoms with Crippen molar-refractivity contribution in [3.05, 3.63) is 0 Å². The molecule has 0 saturated carbocycles. The Morgan fingerprint density at radius 2 is 2.30 bits per heavy atom. The third-order valence-electron chi connectivity index (χ3n) is 1.17. The summed E-state index contributed by atoms with van der Waals surface area (Å²) in [6, 6.07) is 0. The van der Waals surface area contributed by atoms with Gasteiger partial charge in [-0.3, -0.25) is 0 Å². The van der Waals surface area contributed by atoms with Gasteiger partial charge in [-0.25, -0.2) is 4.79 Å². The predicted octanol–water partition coefficient (Wildman–Crippen LogP) is 0.544. The Morgan fingerprint density at radius 1 is 1.80 bits per heavy atom. The summed E-state index contributed by atoms with van der Waals surface area (Å²) in [5.74, 6) is -0.474. The van der Waals surface area contributed by atoms with Gasteiger partial charge in [0.1, 0.15) is 0 Å². The zero-order valence-electron chi connectivity index (χ0n) is 6.26. The maximum Gasteiger partial charge on any atom is 0.336 e.